The molecule has 3 rings (SSSR count). The van der Waals surface area contributed by atoms with Crippen LogP contribution in [-0.2, 0) is 11.2 Å². The second-order valence-corrected chi connectivity index (χ2v) is 5.90. The van der Waals surface area contributed by atoms with Crippen molar-refractivity contribution in [2.75, 3.05) is 6.54 Å². The molecule has 0 aliphatic carbocycles. The van der Waals surface area contributed by atoms with Crippen LogP contribution in [0.5, 0.6) is 0 Å². The predicted octanol–water partition coefficient (Wildman–Crippen LogP) is 2.95. The van der Waals surface area contributed by atoms with Crippen LogP contribution in [0, 0.1) is 6.92 Å². The summed E-state index contributed by atoms with van der Waals surface area (Å²) < 4.78 is 5.12. The Morgan fingerprint density at radius 1 is 1.63 bits per heavy atom. The van der Waals surface area contributed by atoms with Gasteiger partial charge >= 0.3 is 0 Å². The van der Waals surface area contributed by atoms with Gasteiger partial charge in [-0.3, -0.25) is 4.79 Å². The van der Waals surface area contributed by atoms with E-state index in [9.17, 15) is 4.79 Å². The molecule has 3 heterocycles. The van der Waals surface area contributed by atoms with Crippen LogP contribution in [0.4, 0.5) is 0 Å². The van der Waals surface area contributed by atoms with Crippen LogP contribution in [0.25, 0.3) is 0 Å². The van der Waals surface area contributed by atoms with E-state index in [1.54, 1.807) is 11.3 Å². The number of aryl methyl sites for hydroxylation is 1. The van der Waals surface area contributed by atoms with E-state index in [-0.39, 0.29) is 11.9 Å². The lowest BCUT2D eigenvalue weighted by Crippen LogP contribution is -2.31. The molecule has 1 fully saturated rings. The van der Waals surface area contributed by atoms with Gasteiger partial charge in [0.25, 0.3) is 0 Å². The van der Waals surface area contributed by atoms with Crippen molar-refractivity contribution in [1.82, 2.24) is 10.1 Å². The standard InChI is InChI=1S/C14H16N2O2S/c1-10-8-12(15-18-10)13-5-2-6-16(13)14(17)9-11-4-3-7-19-11/h3-4,7-8,13H,2,5-6,9H2,1H3. The van der Waals surface area contributed by atoms with Crippen LogP contribution in [-0.4, -0.2) is 22.5 Å². The van der Waals surface area contributed by atoms with Crippen molar-refractivity contribution in [2.45, 2.75) is 32.2 Å². The van der Waals surface area contributed by atoms with Crippen LogP contribution >= 0.6 is 11.3 Å². The number of carbonyl (C=O) groups excluding carboxylic acids is 1. The summed E-state index contributed by atoms with van der Waals surface area (Å²) in [5.74, 6) is 0.984. The third kappa shape index (κ3) is 2.56. The predicted molar refractivity (Wildman–Crippen MR) is 73.0 cm³/mol. The number of amides is 1. The van der Waals surface area contributed by atoms with Gasteiger partial charge in [-0.15, -0.1) is 11.3 Å². The monoisotopic (exact) mass is 276 g/mol. The number of nitrogens with zero attached hydrogens (tertiary/aromatic N) is 2. The second kappa shape index (κ2) is 5.17. The van der Waals surface area contributed by atoms with Gasteiger partial charge < -0.3 is 9.42 Å². The molecule has 19 heavy (non-hydrogen) atoms. The minimum Gasteiger partial charge on any atom is -0.361 e. The maximum Gasteiger partial charge on any atom is 0.228 e. The first-order valence-electron chi connectivity index (χ1n) is 6.49. The molecular weight excluding hydrogens is 260 g/mol. The molecule has 2 aromatic heterocycles. The van der Waals surface area contributed by atoms with Crippen LogP contribution in [0.15, 0.2) is 28.1 Å². The molecular formula is C14H16N2O2S. The summed E-state index contributed by atoms with van der Waals surface area (Å²) >= 11 is 1.63. The summed E-state index contributed by atoms with van der Waals surface area (Å²) in [7, 11) is 0. The van der Waals surface area contributed by atoms with Gasteiger partial charge in [0.15, 0.2) is 0 Å². The number of hydrogen-bond acceptors (Lipinski definition) is 4. The smallest absolute Gasteiger partial charge is 0.228 e. The highest BCUT2D eigenvalue weighted by Crippen LogP contribution is 2.32. The molecule has 1 saturated heterocycles. The molecule has 1 unspecified atom stereocenters. The zero-order valence-electron chi connectivity index (χ0n) is 10.8. The van der Waals surface area contributed by atoms with Gasteiger partial charge in [0.1, 0.15) is 11.5 Å². The van der Waals surface area contributed by atoms with E-state index in [1.165, 1.54) is 0 Å². The van der Waals surface area contributed by atoms with Crippen molar-refractivity contribution in [3.8, 4) is 0 Å². The molecule has 0 spiro atoms. The van der Waals surface area contributed by atoms with E-state index in [0.29, 0.717) is 6.42 Å². The lowest BCUT2D eigenvalue weighted by molar-refractivity contribution is -0.131. The lowest BCUT2D eigenvalue weighted by Gasteiger charge is -2.22. The molecule has 4 nitrogen and oxygen atoms in total. The highest BCUT2D eigenvalue weighted by molar-refractivity contribution is 7.10. The van der Waals surface area contributed by atoms with Crippen molar-refractivity contribution >= 4 is 17.2 Å². The minimum atomic E-state index is 0.0879. The topological polar surface area (TPSA) is 46.3 Å². The van der Waals surface area contributed by atoms with Crippen molar-refractivity contribution in [3.63, 3.8) is 0 Å². The van der Waals surface area contributed by atoms with E-state index < -0.39 is 0 Å². The van der Waals surface area contributed by atoms with Gasteiger partial charge in [-0.2, -0.15) is 0 Å². The van der Waals surface area contributed by atoms with E-state index in [0.717, 1.165) is 35.7 Å². The van der Waals surface area contributed by atoms with E-state index in [4.69, 9.17) is 4.52 Å². The summed E-state index contributed by atoms with van der Waals surface area (Å²) in [6.45, 7) is 2.70. The molecule has 0 saturated carbocycles. The highest BCUT2D eigenvalue weighted by Gasteiger charge is 2.31. The first kappa shape index (κ1) is 12.4. The lowest BCUT2D eigenvalue weighted by atomic mass is 10.1. The SMILES string of the molecule is Cc1cc(C2CCCN2C(=O)Cc2cccs2)no1. The fourth-order valence-electron chi connectivity index (χ4n) is 2.58. The van der Waals surface area contributed by atoms with Crippen molar-refractivity contribution in [1.29, 1.82) is 0 Å². The third-order valence-corrected chi connectivity index (χ3v) is 4.34. The second-order valence-electron chi connectivity index (χ2n) is 4.86. The van der Waals surface area contributed by atoms with Crippen molar-refractivity contribution in [2.24, 2.45) is 0 Å². The van der Waals surface area contributed by atoms with Gasteiger partial charge in [0.2, 0.25) is 5.91 Å². The molecule has 1 amide bonds. The molecule has 0 aromatic carbocycles. The van der Waals surface area contributed by atoms with Crippen molar-refractivity contribution in [3.05, 3.63) is 39.9 Å². The number of likely N-dealkylation sites (tertiary alicyclic amines) is 1. The van der Waals surface area contributed by atoms with Crippen LogP contribution in [0.1, 0.15) is 35.2 Å². The summed E-state index contributed by atoms with van der Waals surface area (Å²) in [6.07, 6.45) is 2.50. The number of aromatic nitrogens is 1. The number of carbonyl (C=O) groups is 1. The van der Waals surface area contributed by atoms with Crippen LogP contribution in [0.2, 0.25) is 0 Å². The maximum absolute atomic E-state index is 12.4. The average Bonchev–Trinajstić information content (AvgIpc) is 3.07. The Morgan fingerprint density at radius 3 is 3.21 bits per heavy atom. The van der Waals surface area contributed by atoms with Gasteiger partial charge in [-0.1, -0.05) is 11.2 Å². The fraction of sp³-hybridized carbons (Fsp3) is 0.429. The molecule has 0 bridgehead atoms. The summed E-state index contributed by atoms with van der Waals surface area (Å²) in [4.78, 5) is 15.4. The number of thiophene rings is 1. The van der Waals surface area contributed by atoms with E-state index in [2.05, 4.69) is 5.16 Å². The third-order valence-electron chi connectivity index (χ3n) is 3.47. The molecule has 0 radical (unpaired) electrons. The molecule has 5 heteroatoms. The van der Waals surface area contributed by atoms with Gasteiger partial charge in [-0.05, 0) is 31.2 Å². The fourth-order valence-corrected chi connectivity index (χ4v) is 3.28. The largest absolute Gasteiger partial charge is 0.361 e. The first-order chi connectivity index (χ1) is 9.24. The van der Waals surface area contributed by atoms with Crippen LogP contribution < -0.4 is 0 Å². The Morgan fingerprint density at radius 2 is 2.53 bits per heavy atom. The van der Waals surface area contributed by atoms with Gasteiger partial charge in [0.05, 0.1) is 12.5 Å². The normalized spacial score (nSPS) is 19.0. The summed E-state index contributed by atoms with van der Waals surface area (Å²) in [6, 6.07) is 6.01. The number of hydrogen-bond donors (Lipinski definition) is 0. The highest BCUT2D eigenvalue weighted by atomic mass is 32.1. The Labute approximate surface area is 116 Å². The molecule has 1 atom stereocenters. The molecule has 100 valence electrons. The van der Waals surface area contributed by atoms with E-state index in [1.807, 2.05) is 35.4 Å². The summed E-state index contributed by atoms with van der Waals surface area (Å²) in [5, 5.41) is 6.07. The number of rotatable bonds is 3. The minimum absolute atomic E-state index is 0.0879. The average molecular weight is 276 g/mol. The van der Waals surface area contributed by atoms with Gasteiger partial charge in [0, 0.05) is 17.5 Å². The first-order valence-corrected chi connectivity index (χ1v) is 7.37. The van der Waals surface area contributed by atoms with Crippen LogP contribution in [0.3, 0.4) is 0 Å². The maximum atomic E-state index is 12.4. The molecule has 1 aliphatic heterocycles. The molecule has 2 aromatic rings. The quantitative estimate of drug-likeness (QED) is 0.866. The Bertz CT molecular complexity index is 562. The zero-order chi connectivity index (χ0) is 13.2. The Hall–Kier alpha value is -1.62. The van der Waals surface area contributed by atoms with E-state index >= 15 is 0 Å². The van der Waals surface area contributed by atoms with Crippen molar-refractivity contribution < 1.29 is 9.32 Å². The van der Waals surface area contributed by atoms with Gasteiger partial charge in [-0.25, -0.2) is 0 Å². The molecule has 1 aliphatic rings. The molecule has 0 N–H and O–H groups in total. The zero-order valence-corrected chi connectivity index (χ0v) is 11.7. The Balaban J connectivity index is 1.74. The summed E-state index contributed by atoms with van der Waals surface area (Å²) in [5.41, 5.74) is 0.884. The Kier molecular flexibility index (Phi) is 3.38.